The highest BCUT2D eigenvalue weighted by molar-refractivity contribution is 4.81. The van der Waals surface area contributed by atoms with Crippen LogP contribution in [-0.4, -0.2) is 37.1 Å². The number of piperidine rings is 1. The van der Waals surface area contributed by atoms with Crippen molar-refractivity contribution in [2.45, 2.75) is 59.4 Å². The number of rotatable bonds is 7. The van der Waals surface area contributed by atoms with E-state index in [1.165, 1.54) is 51.9 Å². The topological polar surface area (TPSA) is 15.3 Å². The van der Waals surface area contributed by atoms with E-state index in [0.717, 1.165) is 17.9 Å². The SMILES string of the molecule is CCCNCC(CCC)N1CCC(C)C(C)C1. The molecule has 0 aliphatic carbocycles. The third-order valence-electron chi connectivity index (χ3n) is 4.31. The summed E-state index contributed by atoms with van der Waals surface area (Å²) in [7, 11) is 0. The molecule has 102 valence electrons. The number of hydrogen-bond acceptors (Lipinski definition) is 2. The van der Waals surface area contributed by atoms with E-state index < -0.39 is 0 Å². The Labute approximate surface area is 108 Å². The van der Waals surface area contributed by atoms with Crippen molar-refractivity contribution in [3.8, 4) is 0 Å². The average Bonchev–Trinajstić information content (AvgIpc) is 2.32. The van der Waals surface area contributed by atoms with Crippen molar-refractivity contribution in [2.24, 2.45) is 11.8 Å². The lowest BCUT2D eigenvalue weighted by Crippen LogP contribution is -2.48. The highest BCUT2D eigenvalue weighted by atomic mass is 15.2. The van der Waals surface area contributed by atoms with Crippen LogP contribution in [-0.2, 0) is 0 Å². The molecule has 3 unspecified atom stereocenters. The molecule has 0 amide bonds. The summed E-state index contributed by atoms with van der Waals surface area (Å²) in [6, 6.07) is 0.765. The van der Waals surface area contributed by atoms with E-state index in [-0.39, 0.29) is 0 Å². The zero-order chi connectivity index (χ0) is 12.7. The van der Waals surface area contributed by atoms with Gasteiger partial charge in [0.2, 0.25) is 0 Å². The highest BCUT2D eigenvalue weighted by Gasteiger charge is 2.26. The van der Waals surface area contributed by atoms with E-state index >= 15 is 0 Å². The Morgan fingerprint density at radius 3 is 2.53 bits per heavy atom. The van der Waals surface area contributed by atoms with Crippen molar-refractivity contribution >= 4 is 0 Å². The van der Waals surface area contributed by atoms with Gasteiger partial charge in [0, 0.05) is 19.1 Å². The van der Waals surface area contributed by atoms with E-state index in [2.05, 4.69) is 37.9 Å². The molecule has 1 fully saturated rings. The number of hydrogen-bond donors (Lipinski definition) is 1. The maximum atomic E-state index is 3.60. The molecule has 1 heterocycles. The largest absolute Gasteiger partial charge is 0.315 e. The van der Waals surface area contributed by atoms with Gasteiger partial charge in [-0.1, -0.05) is 34.1 Å². The molecule has 17 heavy (non-hydrogen) atoms. The minimum absolute atomic E-state index is 0.765. The molecule has 1 N–H and O–H groups in total. The van der Waals surface area contributed by atoms with E-state index in [9.17, 15) is 0 Å². The maximum absolute atomic E-state index is 3.60. The molecule has 0 aromatic rings. The monoisotopic (exact) mass is 240 g/mol. The predicted octanol–water partition coefficient (Wildman–Crippen LogP) is 3.13. The summed E-state index contributed by atoms with van der Waals surface area (Å²) in [6.45, 7) is 14.3. The molecule has 1 rings (SSSR count). The summed E-state index contributed by atoms with van der Waals surface area (Å²) in [5.74, 6) is 1.78. The fourth-order valence-electron chi connectivity index (χ4n) is 2.82. The summed E-state index contributed by atoms with van der Waals surface area (Å²) in [4.78, 5) is 2.73. The van der Waals surface area contributed by atoms with Gasteiger partial charge in [-0.3, -0.25) is 4.90 Å². The second-order valence-corrected chi connectivity index (χ2v) is 5.88. The first-order chi connectivity index (χ1) is 8.19. The fourth-order valence-corrected chi connectivity index (χ4v) is 2.82. The van der Waals surface area contributed by atoms with Crippen LogP contribution in [0.15, 0.2) is 0 Å². The molecular formula is C15H32N2. The molecule has 0 spiro atoms. The Hall–Kier alpha value is -0.0800. The second kappa shape index (κ2) is 8.10. The van der Waals surface area contributed by atoms with Crippen molar-refractivity contribution in [1.29, 1.82) is 0 Å². The van der Waals surface area contributed by atoms with Gasteiger partial charge in [0.25, 0.3) is 0 Å². The molecule has 1 aliphatic rings. The first kappa shape index (κ1) is 15.0. The van der Waals surface area contributed by atoms with Crippen molar-refractivity contribution in [3.63, 3.8) is 0 Å². The zero-order valence-electron chi connectivity index (χ0n) is 12.3. The highest BCUT2D eigenvalue weighted by Crippen LogP contribution is 2.24. The van der Waals surface area contributed by atoms with Crippen LogP contribution in [0.3, 0.4) is 0 Å². The molecule has 0 saturated carbocycles. The zero-order valence-corrected chi connectivity index (χ0v) is 12.3. The number of likely N-dealkylation sites (tertiary alicyclic amines) is 1. The van der Waals surface area contributed by atoms with Gasteiger partial charge in [0.15, 0.2) is 0 Å². The molecule has 0 bridgehead atoms. The predicted molar refractivity (Wildman–Crippen MR) is 76.4 cm³/mol. The third-order valence-corrected chi connectivity index (χ3v) is 4.31. The Morgan fingerprint density at radius 2 is 1.94 bits per heavy atom. The molecule has 0 radical (unpaired) electrons. The van der Waals surface area contributed by atoms with E-state index in [1.54, 1.807) is 0 Å². The molecule has 1 aliphatic heterocycles. The maximum Gasteiger partial charge on any atom is 0.0220 e. The molecule has 2 nitrogen and oxygen atoms in total. The molecular weight excluding hydrogens is 208 g/mol. The van der Waals surface area contributed by atoms with Crippen molar-refractivity contribution in [3.05, 3.63) is 0 Å². The molecule has 0 aromatic heterocycles. The van der Waals surface area contributed by atoms with Gasteiger partial charge < -0.3 is 5.32 Å². The van der Waals surface area contributed by atoms with E-state index in [1.807, 2.05) is 0 Å². The van der Waals surface area contributed by atoms with E-state index in [0.29, 0.717) is 0 Å². The molecule has 3 atom stereocenters. The standard InChI is InChI=1S/C15H32N2/c1-5-7-15(11-16-9-6-2)17-10-8-13(3)14(4)12-17/h13-16H,5-12H2,1-4H3. The molecule has 2 heteroatoms. The number of nitrogens with one attached hydrogen (secondary N) is 1. The Balaban J connectivity index is 2.40. The van der Waals surface area contributed by atoms with Crippen LogP contribution in [0.5, 0.6) is 0 Å². The van der Waals surface area contributed by atoms with Gasteiger partial charge in [-0.15, -0.1) is 0 Å². The van der Waals surface area contributed by atoms with E-state index in [4.69, 9.17) is 0 Å². The summed E-state index contributed by atoms with van der Waals surface area (Å²) < 4.78 is 0. The van der Waals surface area contributed by atoms with Crippen molar-refractivity contribution in [2.75, 3.05) is 26.2 Å². The van der Waals surface area contributed by atoms with Gasteiger partial charge in [0.05, 0.1) is 0 Å². The minimum Gasteiger partial charge on any atom is -0.315 e. The first-order valence-corrected chi connectivity index (χ1v) is 7.63. The fraction of sp³-hybridized carbons (Fsp3) is 1.00. The van der Waals surface area contributed by atoms with Crippen LogP contribution in [0.4, 0.5) is 0 Å². The third kappa shape index (κ3) is 4.97. The van der Waals surface area contributed by atoms with Crippen LogP contribution >= 0.6 is 0 Å². The van der Waals surface area contributed by atoms with Crippen LogP contribution < -0.4 is 5.32 Å². The molecule has 1 saturated heterocycles. The normalized spacial score (nSPS) is 28.2. The van der Waals surface area contributed by atoms with Gasteiger partial charge >= 0.3 is 0 Å². The van der Waals surface area contributed by atoms with Gasteiger partial charge in [-0.2, -0.15) is 0 Å². The smallest absolute Gasteiger partial charge is 0.0220 e. The van der Waals surface area contributed by atoms with Crippen LogP contribution in [0.1, 0.15) is 53.4 Å². The van der Waals surface area contributed by atoms with Crippen molar-refractivity contribution in [1.82, 2.24) is 10.2 Å². The van der Waals surface area contributed by atoms with Crippen molar-refractivity contribution < 1.29 is 0 Å². The van der Waals surface area contributed by atoms with Crippen LogP contribution in [0.2, 0.25) is 0 Å². The quantitative estimate of drug-likeness (QED) is 0.688. The Bertz CT molecular complexity index is 193. The summed E-state index contributed by atoms with van der Waals surface area (Å²) in [5, 5.41) is 3.60. The molecule has 0 aromatic carbocycles. The van der Waals surface area contributed by atoms with Gasteiger partial charge in [-0.25, -0.2) is 0 Å². The lowest BCUT2D eigenvalue weighted by Gasteiger charge is -2.40. The second-order valence-electron chi connectivity index (χ2n) is 5.88. The summed E-state index contributed by atoms with van der Waals surface area (Å²) in [5.41, 5.74) is 0. The van der Waals surface area contributed by atoms with Crippen LogP contribution in [0, 0.1) is 11.8 Å². The lowest BCUT2D eigenvalue weighted by atomic mass is 9.87. The Morgan fingerprint density at radius 1 is 1.18 bits per heavy atom. The van der Waals surface area contributed by atoms with Gasteiger partial charge in [-0.05, 0) is 44.2 Å². The summed E-state index contributed by atoms with van der Waals surface area (Å²) >= 11 is 0. The summed E-state index contributed by atoms with van der Waals surface area (Å²) in [6.07, 6.45) is 5.28. The number of nitrogens with zero attached hydrogens (tertiary/aromatic N) is 1. The lowest BCUT2D eigenvalue weighted by molar-refractivity contribution is 0.0899. The van der Waals surface area contributed by atoms with Gasteiger partial charge in [0.1, 0.15) is 0 Å². The minimum atomic E-state index is 0.765. The first-order valence-electron chi connectivity index (χ1n) is 7.63. The Kier molecular flexibility index (Phi) is 7.14. The average molecular weight is 240 g/mol. The van der Waals surface area contributed by atoms with Crippen LogP contribution in [0.25, 0.3) is 0 Å².